The van der Waals surface area contributed by atoms with Gasteiger partial charge in [-0.1, -0.05) is 0 Å². The van der Waals surface area contributed by atoms with Crippen LogP contribution in [0.2, 0.25) is 0 Å². The van der Waals surface area contributed by atoms with Gasteiger partial charge < -0.3 is 29.5 Å². The summed E-state index contributed by atoms with van der Waals surface area (Å²) >= 11 is 0. The molecule has 236 valence electrons. The number of alkyl halides is 2. The van der Waals surface area contributed by atoms with Gasteiger partial charge >= 0.3 is 15.3 Å². The summed E-state index contributed by atoms with van der Waals surface area (Å²) in [7, 11) is -9.38. The summed E-state index contributed by atoms with van der Waals surface area (Å²) in [6.07, 6.45) is -5.25. The molecule has 22 heteroatoms. The minimum Gasteiger partial charge on any atom is -0.382 e. The minimum absolute atomic E-state index is 0.0374. The molecule has 0 spiro atoms. The molecule has 7 heterocycles. The Kier molecular flexibility index (Phi) is 7.26. The van der Waals surface area contributed by atoms with Gasteiger partial charge in [-0.2, -0.15) is 0 Å². The van der Waals surface area contributed by atoms with Gasteiger partial charge in [-0.25, -0.2) is 48.3 Å². The van der Waals surface area contributed by atoms with Crippen molar-refractivity contribution < 1.29 is 46.2 Å². The number of imidazole rings is 2. The average molecular weight is 658 g/mol. The van der Waals surface area contributed by atoms with Crippen LogP contribution in [0.5, 0.6) is 0 Å². The molecule has 3 aliphatic heterocycles. The quantitative estimate of drug-likeness (QED) is 0.219. The Hall–Kier alpha value is -3.06. The summed E-state index contributed by atoms with van der Waals surface area (Å²) < 4.78 is 83.1. The first-order valence-electron chi connectivity index (χ1n) is 13.3. The highest BCUT2D eigenvalue weighted by molar-refractivity contribution is 7.52. The number of anilines is 1. The zero-order chi connectivity index (χ0) is 31.0. The Bertz CT molecular complexity index is 1700. The lowest BCUT2D eigenvalue weighted by atomic mass is 10.0. The van der Waals surface area contributed by atoms with Crippen LogP contribution in [0.1, 0.15) is 18.1 Å². The topological polar surface area (TPSA) is 237 Å². The van der Waals surface area contributed by atoms with E-state index in [1.165, 1.54) is 28.1 Å². The van der Waals surface area contributed by atoms with Gasteiger partial charge in [0.05, 0.1) is 49.9 Å². The molecule has 0 saturated carbocycles. The van der Waals surface area contributed by atoms with E-state index in [1.54, 1.807) is 6.92 Å². The minimum atomic E-state index is -4.80. The number of nitrogen functional groups attached to an aromatic ring is 1. The van der Waals surface area contributed by atoms with Gasteiger partial charge in [0.15, 0.2) is 41.9 Å². The molecule has 3 aliphatic rings. The van der Waals surface area contributed by atoms with E-state index >= 15 is 8.78 Å². The Morgan fingerprint density at radius 1 is 0.886 bits per heavy atom. The van der Waals surface area contributed by atoms with Crippen molar-refractivity contribution in [3.63, 3.8) is 0 Å². The number of aromatic nitrogens is 8. The van der Waals surface area contributed by atoms with Gasteiger partial charge in [0.1, 0.15) is 29.8 Å². The summed E-state index contributed by atoms with van der Waals surface area (Å²) in [6, 6.07) is -1.56. The highest BCUT2D eigenvalue weighted by atomic mass is 31.2. The van der Waals surface area contributed by atoms with Crippen molar-refractivity contribution >= 4 is 43.5 Å². The van der Waals surface area contributed by atoms with Crippen molar-refractivity contribution in [1.82, 2.24) is 44.1 Å². The van der Waals surface area contributed by atoms with E-state index in [9.17, 15) is 18.9 Å². The number of fused-ring (bicyclic) bond motifs is 4. The Balaban J connectivity index is 1.17. The van der Waals surface area contributed by atoms with Crippen molar-refractivity contribution in [2.45, 2.75) is 50.0 Å². The number of halogens is 2. The lowest BCUT2D eigenvalue weighted by Crippen LogP contribution is -2.43. The second kappa shape index (κ2) is 10.8. The zero-order valence-corrected chi connectivity index (χ0v) is 24.5. The van der Waals surface area contributed by atoms with Crippen LogP contribution in [-0.4, -0.2) is 98.8 Å². The highest BCUT2D eigenvalue weighted by Gasteiger charge is 2.53. The molecule has 10 atom stereocenters. The predicted molar refractivity (Wildman–Crippen MR) is 144 cm³/mol. The third kappa shape index (κ3) is 5.09. The molecule has 3 fully saturated rings. The molecular weight excluding hydrogens is 632 g/mol. The van der Waals surface area contributed by atoms with Crippen LogP contribution in [-0.2, 0) is 27.7 Å². The first-order chi connectivity index (χ1) is 20.9. The lowest BCUT2D eigenvalue weighted by molar-refractivity contribution is -0.0382. The smallest absolute Gasteiger partial charge is 0.382 e. The molecule has 44 heavy (non-hydrogen) atoms. The SMILES string of the molecule is Cc1ncnc2c1ncn2[C@@H]1O[C@@H]2COP(=O)(O)N[C@H]3[C@@H](F)[C@H](n4cnc5c(N)ncnc54)O[C@@H]3COP(=O)(O)C[C@H]2[C@H]1F. The first kappa shape index (κ1) is 29.6. The molecule has 2 unspecified atom stereocenters. The fourth-order valence-electron chi connectivity index (χ4n) is 5.73. The zero-order valence-electron chi connectivity index (χ0n) is 22.7. The molecule has 7 rings (SSSR count). The van der Waals surface area contributed by atoms with Gasteiger partial charge in [-0.05, 0) is 6.92 Å². The molecule has 5 N–H and O–H groups in total. The Labute approximate surface area is 246 Å². The van der Waals surface area contributed by atoms with Gasteiger partial charge in [0, 0.05) is 5.92 Å². The van der Waals surface area contributed by atoms with Crippen molar-refractivity contribution in [3.8, 4) is 0 Å². The Morgan fingerprint density at radius 2 is 1.50 bits per heavy atom. The van der Waals surface area contributed by atoms with Gasteiger partial charge in [0.25, 0.3) is 0 Å². The summed E-state index contributed by atoms with van der Waals surface area (Å²) in [4.78, 5) is 45.8. The van der Waals surface area contributed by atoms with E-state index in [4.69, 9.17) is 24.3 Å². The molecule has 4 aromatic heterocycles. The van der Waals surface area contributed by atoms with Crippen LogP contribution < -0.4 is 10.8 Å². The molecule has 4 aromatic rings. The fourth-order valence-corrected chi connectivity index (χ4v) is 8.29. The van der Waals surface area contributed by atoms with Crippen molar-refractivity contribution in [3.05, 3.63) is 31.0 Å². The van der Waals surface area contributed by atoms with Gasteiger partial charge in [-0.15, -0.1) is 0 Å². The molecule has 0 radical (unpaired) electrons. The monoisotopic (exact) mass is 658 g/mol. The fraction of sp³-hybridized carbons (Fsp3) is 0.545. The van der Waals surface area contributed by atoms with Crippen LogP contribution in [0.3, 0.4) is 0 Å². The highest BCUT2D eigenvalue weighted by Crippen LogP contribution is 2.52. The molecular formula is C22H26F2N10O8P2. The van der Waals surface area contributed by atoms with Crippen LogP contribution in [0.4, 0.5) is 14.6 Å². The molecule has 0 aliphatic carbocycles. The van der Waals surface area contributed by atoms with E-state index in [0.717, 1.165) is 6.33 Å². The molecule has 0 bridgehead atoms. The normalized spacial score (nSPS) is 38.3. The van der Waals surface area contributed by atoms with E-state index in [1.807, 2.05) is 0 Å². The maximum atomic E-state index is 16.0. The standard InChI is InChI=1S/C22H26F2N10O8P2/c1-9-15-19(28-5-26-9)33(7-30-15)21-13(23)10-4-43(35,36)39-3-12-16(32-44(37,38)40-2-11(10)41-21)14(24)22(42-12)34-8-31-17-18(25)27-6-29-20(17)34/h5-8,10-14,16,21-22H,2-4H2,1H3,(H,35,36)(H2,25,27,29)(H2,32,37,38)/t10-,11-,12-,13-,14-,16-,21-,22-/m1/s1. The largest absolute Gasteiger partial charge is 0.403 e. The number of nitrogens with two attached hydrogens (primary N) is 1. The van der Waals surface area contributed by atoms with Gasteiger partial charge in [-0.3, -0.25) is 18.2 Å². The average Bonchev–Trinajstić information content (AvgIpc) is 3.73. The number of ether oxygens (including phenoxy) is 2. The van der Waals surface area contributed by atoms with Crippen molar-refractivity contribution in [2.75, 3.05) is 25.1 Å². The number of aryl methyl sites for hydroxylation is 1. The van der Waals surface area contributed by atoms with Crippen LogP contribution in [0.25, 0.3) is 22.3 Å². The third-order valence-electron chi connectivity index (χ3n) is 7.89. The number of hydrogen-bond donors (Lipinski definition) is 4. The van der Waals surface area contributed by atoms with Crippen molar-refractivity contribution in [1.29, 1.82) is 0 Å². The number of hydrogen-bond acceptors (Lipinski definition) is 13. The summed E-state index contributed by atoms with van der Waals surface area (Å²) in [5.74, 6) is -1.28. The maximum Gasteiger partial charge on any atom is 0.403 e. The summed E-state index contributed by atoms with van der Waals surface area (Å²) in [5.41, 5.74) is 7.31. The molecule has 3 saturated heterocycles. The van der Waals surface area contributed by atoms with E-state index in [0.29, 0.717) is 11.2 Å². The first-order valence-corrected chi connectivity index (χ1v) is 16.6. The molecule has 0 amide bonds. The van der Waals surface area contributed by atoms with Crippen LogP contribution in [0.15, 0.2) is 25.3 Å². The van der Waals surface area contributed by atoms with E-state index < -0.39 is 83.7 Å². The Morgan fingerprint density at radius 3 is 2.25 bits per heavy atom. The summed E-state index contributed by atoms with van der Waals surface area (Å²) in [5, 5.41) is 2.23. The third-order valence-corrected chi connectivity index (χ3v) is 10.4. The lowest BCUT2D eigenvalue weighted by Gasteiger charge is -2.28. The van der Waals surface area contributed by atoms with E-state index in [2.05, 4.69) is 35.0 Å². The second-order valence-corrected chi connectivity index (χ2v) is 14.1. The maximum absolute atomic E-state index is 16.0. The number of nitrogens with one attached hydrogen (secondary N) is 1. The predicted octanol–water partition coefficient (Wildman–Crippen LogP) is 0.935. The summed E-state index contributed by atoms with van der Waals surface area (Å²) in [6.45, 7) is 0.304. The molecule has 0 aromatic carbocycles. The second-order valence-electron chi connectivity index (χ2n) is 10.6. The van der Waals surface area contributed by atoms with E-state index in [-0.39, 0.29) is 22.6 Å². The number of nitrogens with zero attached hydrogens (tertiary/aromatic N) is 8. The van der Waals surface area contributed by atoms with Crippen molar-refractivity contribution in [2.24, 2.45) is 5.92 Å². The van der Waals surface area contributed by atoms with Crippen LogP contribution >= 0.6 is 15.3 Å². The van der Waals surface area contributed by atoms with Gasteiger partial charge in [0.2, 0.25) is 0 Å². The van der Waals surface area contributed by atoms with Crippen LogP contribution in [0, 0.1) is 12.8 Å². The number of rotatable bonds is 2. The molecule has 18 nitrogen and oxygen atoms in total.